The van der Waals surface area contributed by atoms with Crippen molar-refractivity contribution in [3.05, 3.63) is 16.9 Å². The quantitative estimate of drug-likeness (QED) is 0.707. The summed E-state index contributed by atoms with van der Waals surface area (Å²) in [6, 6.07) is 0. The molecule has 0 aliphatic heterocycles. The molecule has 0 saturated carbocycles. The van der Waals surface area contributed by atoms with Gasteiger partial charge in [-0.1, -0.05) is 31.9 Å². The van der Waals surface area contributed by atoms with Crippen LogP contribution < -0.4 is 0 Å². The Balaban J connectivity index is 2.80. The normalized spacial score (nSPS) is 12.7. The molecule has 0 radical (unpaired) electrons. The molecule has 0 saturated heterocycles. The smallest absolute Gasteiger partial charge is 0.182 e. The Kier molecular flexibility index (Phi) is 5.65. The summed E-state index contributed by atoms with van der Waals surface area (Å²) in [5.74, 6) is 0.419. The van der Waals surface area contributed by atoms with Gasteiger partial charge in [-0.05, 0) is 5.92 Å². The molecule has 0 aliphatic carbocycles. The van der Waals surface area contributed by atoms with Crippen molar-refractivity contribution in [1.82, 2.24) is 9.78 Å². The number of ether oxygens (including phenoxy) is 1. The molecular weight excluding hydrogens is 240 g/mol. The van der Waals surface area contributed by atoms with E-state index in [1.54, 1.807) is 11.8 Å². The largest absolute Gasteiger partial charge is 0.383 e. The van der Waals surface area contributed by atoms with Gasteiger partial charge in [-0.3, -0.25) is 9.48 Å². The average molecular weight is 259 g/mol. The predicted molar refractivity (Wildman–Crippen MR) is 67.5 cm³/mol. The van der Waals surface area contributed by atoms with Crippen LogP contribution in [0.2, 0.25) is 5.02 Å². The number of halogens is 1. The Morgan fingerprint density at radius 1 is 1.65 bits per heavy atom. The molecular formula is C12H19ClN2O2. The van der Waals surface area contributed by atoms with Gasteiger partial charge in [-0.15, -0.1) is 0 Å². The fourth-order valence-electron chi connectivity index (χ4n) is 1.54. The first kappa shape index (κ1) is 14.2. The SMILES string of the molecule is CCC(C)CC(=O)c1c(Cl)cnn1CCOC. The number of aromatic nitrogens is 2. The van der Waals surface area contributed by atoms with Gasteiger partial charge in [0.1, 0.15) is 5.69 Å². The van der Waals surface area contributed by atoms with Crippen molar-refractivity contribution in [2.45, 2.75) is 33.2 Å². The number of ketones is 1. The molecule has 5 heteroatoms. The fourth-order valence-corrected chi connectivity index (χ4v) is 1.79. The minimum Gasteiger partial charge on any atom is -0.383 e. The molecule has 4 nitrogen and oxygen atoms in total. The maximum Gasteiger partial charge on any atom is 0.182 e. The van der Waals surface area contributed by atoms with Gasteiger partial charge in [-0.25, -0.2) is 0 Å². The summed E-state index contributed by atoms with van der Waals surface area (Å²) in [6.07, 6.45) is 3.01. The first-order valence-corrected chi connectivity index (χ1v) is 6.21. The van der Waals surface area contributed by atoms with Crippen molar-refractivity contribution in [2.24, 2.45) is 5.92 Å². The molecule has 1 unspecified atom stereocenters. The van der Waals surface area contributed by atoms with Gasteiger partial charge in [0.05, 0.1) is 24.4 Å². The third-order valence-corrected chi connectivity index (χ3v) is 3.07. The standard InChI is InChI=1S/C12H19ClN2O2/c1-4-9(2)7-11(16)12-10(13)8-14-15(12)5-6-17-3/h8-9H,4-7H2,1-3H3. The Morgan fingerprint density at radius 3 is 2.94 bits per heavy atom. The number of methoxy groups -OCH3 is 1. The topological polar surface area (TPSA) is 44.1 Å². The Morgan fingerprint density at radius 2 is 2.35 bits per heavy atom. The molecule has 0 bridgehead atoms. The number of hydrogen-bond acceptors (Lipinski definition) is 3. The monoisotopic (exact) mass is 258 g/mol. The number of hydrogen-bond donors (Lipinski definition) is 0. The molecule has 0 N–H and O–H groups in total. The van der Waals surface area contributed by atoms with E-state index in [1.807, 2.05) is 0 Å². The maximum absolute atomic E-state index is 12.1. The second-order valence-corrected chi connectivity index (χ2v) is 4.60. The lowest BCUT2D eigenvalue weighted by molar-refractivity contribution is 0.0949. The number of carbonyl (C=O) groups excluding carboxylic acids is 1. The first-order chi connectivity index (χ1) is 8.10. The number of carbonyl (C=O) groups is 1. The fraction of sp³-hybridized carbons (Fsp3) is 0.667. The third-order valence-electron chi connectivity index (χ3n) is 2.80. The molecule has 0 spiro atoms. The van der Waals surface area contributed by atoms with E-state index < -0.39 is 0 Å². The zero-order valence-electron chi connectivity index (χ0n) is 10.6. The summed E-state index contributed by atoms with van der Waals surface area (Å²) in [7, 11) is 1.62. The van der Waals surface area contributed by atoms with Crippen LogP contribution in [0.15, 0.2) is 6.20 Å². The zero-order valence-corrected chi connectivity index (χ0v) is 11.3. The third kappa shape index (κ3) is 3.82. The van der Waals surface area contributed by atoms with Crippen molar-refractivity contribution < 1.29 is 9.53 Å². The van der Waals surface area contributed by atoms with Gasteiger partial charge in [0.15, 0.2) is 5.78 Å². The summed E-state index contributed by atoms with van der Waals surface area (Å²) in [5, 5.41) is 4.52. The van der Waals surface area contributed by atoms with Crippen LogP contribution in [-0.2, 0) is 11.3 Å². The number of nitrogens with zero attached hydrogens (tertiary/aromatic N) is 2. The van der Waals surface area contributed by atoms with Crippen LogP contribution in [0, 0.1) is 5.92 Å². The molecule has 1 aromatic rings. The average Bonchev–Trinajstić information content (AvgIpc) is 2.67. The van der Waals surface area contributed by atoms with Gasteiger partial charge in [0, 0.05) is 13.5 Å². The van der Waals surface area contributed by atoms with E-state index in [0.717, 1.165) is 6.42 Å². The molecule has 1 rings (SSSR count). The van der Waals surface area contributed by atoms with Crippen LogP contribution >= 0.6 is 11.6 Å². The summed E-state index contributed by atoms with van der Waals surface area (Å²) >= 11 is 6.00. The lowest BCUT2D eigenvalue weighted by Crippen LogP contribution is -2.15. The van der Waals surface area contributed by atoms with Crippen molar-refractivity contribution in [3.8, 4) is 0 Å². The zero-order chi connectivity index (χ0) is 12.8. The molecule has 1 atom stereocenters. The lowest BCUT2D eigenvalue weighted by Gasteiger charge is -2.09. The molecule has 0 fully saturated rings. The minimum atomic E-state index is 0.0537. The van der Waals surface area contributed by atoms with Crippen molar-refractivity contribution in [1.29, 1.82) is 0 Å². The van der Waals surface area contributed by atoms with E-state index in [9.17, 15) is 4.79 Å². The van der Waals surface area contributed by atoms with Gasteiger partial charge < -0.3 is 4.74 Å². The van der Waals surface area contributed by atoms with Crippen LogP contribution in [0.25, 0.3) is 0 Å². The summed E-state index contributed by atoms with van der Waals surface area (Å²) in [4.78, 5) is 12.1. The molecule has 0 amide bonds. The maximum atomic E-state index is 12.1. The molecule has 0 aromatic carbocycles. The highest BCUT2D eigenvalue weighted by atomic mass is 35.5. The van der Waals surface area contributed by atoms with Crippen LogP contribution in [0.3, 0.4) is 0 Å². The van der Waals surface area contributed by atoms with E-state index in [2.05, 4.69) is 18.9 Å². The molecule has 0 aliphatic rings. The second kappa shape index (κ2) is 6.77. The molecule has 1 heterocycles. The van der Waals surface area contributed by atoms with E-state index in [4.69, 9.17) is 16.3 Å². The summed E-state index contributed by atoms with van der Waals surface area (Å²) in [6.45, 7) is 5.19. The first-order valence-electron chi connectivity index (χ1n) is 5.83. The second-order valence-electron chi connectivity index (χ2n) is 4.20. The van der Waals surface area contributed by atoms with E-state index in [0.29, 0.717) is 36.2 Å². The van der Waals surface area contributed by atoms with Crippen molar-refractivity contribution in [3.63, 3.8) is 0 Å². The van der Waals surface area contributed by atoms with Crippen molar-refractivity contribution in [2.75, 3.05) is 13.7 Å². The van der Waals surface area contributed by atoms with Gasteiger partial charge in [0.2, 0.25) is 0 Å². The lowest BCUT2D eigenvalue weighted by atomic mass is 10.0. The highest BCUT2D eigenvalue weighted by Gasteiger charge is 2.18. The molecule has 96 valence electrons. The van der Waals surface area contributed by atoms with E-state index in [1.165, 1.54) is 6.20 Å². The van der Waals surface area contributed by atoms with Crippen molar-refractivity contribution >= 4 is 17.4 Å². The van der Waals surface area contributed by atoms with Gasteiger partial charge in [-0.2, -0.15) is 5.10 Å². The van der Waals surface area contributed by atoms with E-state index in [-0.39, 0.29) is 5.78 Å². The highest BCUT2D eigenvalue weighted by Crippen LogP contribution is 2.20. The summed E-state index contributed by atoms with van der Waals surface area (Å²) < 4.78 is 6.60. The van der Waals surface area contributed by atoms with Crippen LogP contribution in [0.1, 0.15) is 37.2 Å². The molecule has 1 aromatic heterocycles. The Bertz CT molecular complexity index is 377. The van der Waals surface area contributed by atoms with Crippen LogP contribution in [-0.4, -0.2) is 29.3 Å². The summed E-state index contributed by atoms with van der Waals surface area (Å²) in [5.41, 5.74) is 0.504. The number of rotatable bonds is 7. The van der Waals surface area contributed by atoms with Crippen LogP contribution in [0.4, 0.5) is 0 Å². The van der Waals surface area contributed by atoms with Crippen LogP contribution in [0.5, 0.6) is 0 Å². The highest BCUT2D eigenvalue weighted by molar-refractivity contribution is 6.33. The minimum absolute atomic E-state index is 0.0537. The van der Waals surface area contributed by atoms with Gasteiger partial charge in [0.25, 0.3) is 0 Å². The van der Waals surface area contributed by atoms with E-state index >= 15 is 0 Å². The Labute approximate surface area is 107 Å². The predicted octanol–water partition coefficient (Wildman–Crippen LogP) is 2.80. The van der Waals surface area contributed by atoms with Gasteiger partial charge >= 0.3 is 0 Å². The number of Topliss-reactive ketones (excluding diaryl/α,β-unsaturated/α-hetero) is 1. The Hall–Kier alpha value is -0.870. The molecule has 17 heavy (non-hydrogen) atoms.